The Bertz CT molecular complexity index is 404. The van der Waals surface area contributed by atoms with E-state index in [2.05, 4.69) is 42.6 Å². The summed E-state index contributed by atoms with van der Waals surface area (Å²) in [6, 6.07) is 9.07. The van der Waals surface area contributed by atoms with Crippen molar-refractivity contribution in [3.63, 3.8) is 0 Å². The van der Waals surface area contributed by atoms with E-state index in [1.54, 1.807) is 7.11 Å². The highest BCUT2D eigenvalue weighted by Gasteiger charge is 2.22. The summed E-state index contributed by atoms with van der Waals surface area (Å²) in [5.41, 5.74) is 4.26. The molecule has 1 aromatic rings. The van der Waals surface area contributed by atoms with Crippen LogP contribution >= 0.6 is 0 Å². The quantitative estimate of drug-likeness (QED) is 0.720. The van der Waals surface area contributed by atoms with Gasteiger partial charge in [0.2, 0.25) is 0 Å². The van der Waals surface area contributed by atoms with Gasteiger partial charge in [0.25, 0.3) is 0 Å². The Morgan fingerprint density at radius 1 is 1.32 bits per heavy atom. The van der Waals surface area contributed by atoms with Crippen LogP contribution < -0.4 is 5.32 Å². The molecule has 0 atom stereocenters. The molecule has 104 valence electrons. The molecule has 0 unspecified atom stereocenters. The first-order valence-corrected chi connectivity index (χ1v) is 7.32. The van der Waals surface area contributed by atoms with Gasteiger partial charge in [0, 0.05) is 20.2 Å². The Morgan fingerprint density at radius 3 is 2.63 bits per heavy atom. The largest absolute Gasteiger partial charge is 0.383 e. The summed E-state index contributed by atoms with van der Waals surface area (Å²) >= 11 is 0. The number of rotatable bonds is 8. The molecule has 2 heteroatoms. The Balaban J connectivity index is 1.88. The van der Waals surface area contributed by atoms with Crippen LogP contribution in [0.5, 0.6) is 0 Å². The van der Waals surface area contributed by atoms with E-state index in [-0.39, 0.29) is 0 Å². The number of benzene rings is 1. The highest BCUT2D eigenvalue weighted by molar-refractivity contribution is 5.54. The zero-order valence-corrected chi connectivity index (χ0v) is 12.1. The molecule has 0 spiro atoms. The van der Waals surface area contributed by atoms with Crippen molar-refractivity contribution in [1.82, 2.24) is 5.32 Å². The van der Waals surface area contributed by atoms with E-state index >= 15 is 0 Å². The van der Waals surface area contributed by atoms with Crippen LogP contribution in [0.3, 0.4) is 0 Å². The van der Waals surface area contributed by atoms with E-state index in [0.717, 1.165) is 32.0 Å². The van der Waals surface area contributed by atoms with Crippen LogP contribution in [-0.4, -0.2) is 26.8 Å². The van der Waals surface area contributed by atoms with Crippen molar-refractivity contribution in [3.8, 4) is 0 Å². The molecular formula is C17H25NO. The molecule has 1 saturated carbocycles. The van der Waals surface area contributed by atoms with Crippen molar-refractivity contribution in [1.29, 1.82) is 0 Å². The fourth-order valence-electron chi connectivity index (χ4n) is 2.22. The third kappa shape index (κ3) is 4.81. The predicted molar refractivity (Wildman–Crippen MR) is 81.4 cm³/mol. The summed E-state index contributed by atoms with van der Waals surface area (Å²) in [5.74, 6) is 0.847. The van der Waals surface area contributed by atoms with Crippen LogP contribution in [0.2, 0.25) is 0 Å². The molecule has 2 rings (SSSR count). The van der Waals surface area contributed by atoms with Crippen LogP contribution in [0.4, 0.5) is 0 Å². The summed E-state index contributed by atoms with van der Waals surface area (Å²) in [7, 11) is 1.74. The van der Waals surface area contributed by atoms with Crippen molar-refractivity contribution in [2.45, 2.75) is 32.1 Å². The Hall–Kier alpha value is -1.12. The van der Waals surface area contributed by atoms with E-state index in [9.17, 15) is 0 Å². The molecule has 0 radical (unpaired) electrons. The summed E-state index contributed by atoms with van der Waals surface area (Å²) in [4.78, 5) is 0. The summed E-state index contributed by atoms with van der Waals surface area (Å²) < 4.78 is 5.04. The third-order valence-electron chi connectivity index (χ3n) is 3.65. The number of hydrogen-bond donors (Lipinski definition) is 1. The standard InChI is InChI=1S/C17H25NO/c1-3-14(13-18-10-11-19-2)12-15-4-6-16(7-5-15)17-8-9-17/h4-7,12,17-18H,3,8-11,13H2,1-2H3. The second kappa shape index (κ2) is 7.46. The molecule has 19 heavy (non-hydrogen) atoms. The van der Waals surface area contributed by atoms with Crippen molar-refractivity contribution < 1.29 is 4.74 Å². The third-order valence-corrected chi connectivity index (χ3v) is 3.65. The second-order valence-electron chi connectivity index (χ2n) is 5.27. The lowest BCUT2D eigenvalue weighted by molar-refractivity contribution is 0.200. The molecule has 1 aliphatic rings. The highest BCUT2D eigenvalue weighted by atomic mass is 16.5. The monoisotopic (exact) mass is 259 g/mol. The van der Waals surface area contributed by atoms with Gasteiger partial charge in [-0.05, 0) is 36.3 Å². The molecule has 2 nitrogen and oxygen atoms in total. The first-order valence-electron chi connectivity index (χ1n) is 7.32. The van der Waals surface area contributed by atoms with Crippen LogP contribution in [-0.2, 0) is 4.74 Å². The van der Waals surface area contributed by atoms with Gasteiger partial charge in [-0.15, -0.1) is 0 Å². The van der Waals surface area contributed by atoms with Gasteiger partial charge in [-0.25, -0.2) is 0 Å². The van der Waals surface area contributed by atoms with E-state index in [1.807, 2.05) is 0 Å². The summed E-state index contributed by atoms with van der Waals surface area (Å²) in [6.07, 6.45) is 6.14. The zero-order chi connectivity index (χ0) is 13.5. The molecule has 0 heterocycles. The first kappa shape index (κ1) is 14.3. The number of ether oxygens (including phenoxy) is 1. The van der Waals surface area contributed by atoms with Gasteiger partial charge >= 0.3 is 0 Å². The van der Waals surface area contributed by atoms with Crippen LogP contribution in [0.1, 0.15) is 43.2 Å². The molecule has 0 aromatic heterocycles. The Labute approximate surface area is 116 Å². The van der Waals surface area contributed by atoms with Crippen molar-refractivity contribution in [2.24, 2.45) is 0 Å². The summed E-state index contributed by atoms with van der Waals surface area (Å²) in [6.45, 7) is 4.84. The van der Waals surface area contributed by atoms with E-state index in [0.29, 0.717) is 0 Å². The van der Waals surface area contributed by atoms with Crippen molar-refractivity contribution >= 4 is 6.08 Å². The zero-order valence-electron chi connectivity index (χ0n) is 12.1. The van der Waals surface area contributed by atoms with Crippen LogP contribution in [0.15, 0.2) is 29.8 Å². The molecule has 0 amide bonds. The van der Waals surface area contributed by atoms with E-state index in [4.69, 9.17) is 4.74 Å². The minimum absolute atomic E-state index is 0.771. The minimum Gasteiger partial charge on any atom is -0.383 e. The van der Waals surface area contributed by atoms with Crippen molar-refractivity contribution in [2.75, 3.05) is 26.8 Å². The SMILES string of the molecule is CCC(=Cc1ccc(C2CC2)cc1)CNCCOC. The maximum atomic E-state index is 5.04. The maximum absolute atomic E-state index is 5.04. The molecular weight excluding hydrogens is 234 g/mol. The van der Waals surface area contributed by atoms with Gasteiger partial charge in [0.1, 0.15) is 0 Å². The Kier molecular flexibility index (Phi) is 5.62. The average Bonchev–Trinajstić information content (AvgIpc) is 3.27. The lowest BCUT2D eigenvalue weighted by atomic mass is 10.0. The maximum Gasteiger partial charge on any atom is 0.0587 e. The number of hydrogen-bond acceptors (Lipinski definition) is 2. The van der Waals surface area contributed by atoms with Crippen molar-refractivity contribution in [3.05, 3.63) is 41.0 Å². The van der Waals surface area contributed by atoms with Gasteiger partial charge in [0.05, 0.1) is 6.61 Å². The molecule has 1 N–H and O–H groups in total. The first-order chi connectivity index (χ1) is 9.33. The lowest BCUT2D eigenvalue weighted by Crippen LogP contribution is -2.21. The van der Waals surface area contributed by atoms with Crippen LogP contribution in [0, 0.1) is 0 Å². The summed E-state index contributed by atoms with van der Waals surface area (Å²) in [5, 5.41) is 3.40. The second-order valence-corrected chi connectivity index (χ2v) is 5.27. The molecule has 1 aromatic carbocycles. The fraction of sp³-hybridized carbons (Fsp3) is 0.529. The van der Waals surface area contributed by atoms with Gasteiger partial charge in [-0.3, -0.25) is 0 Å². The number of nitrogens with one attached hydrogen (secondary N) is 1. The normalized spacial score (nSPS) is 15.8. The van der Waals surface area contributed by atoms with E-state index < -0.39 is 0 Å². The van der Waals surface area contributed by atoms with Gasteiger partial charge in [0.15, 0.2) is 0 Å². The molecule has 0 saturated heterocycles. The predicted octanol–water partition coefficient (Wildman–Crippen LogP) is 3.59. The number of methoxy groups -OCH3 is 1. The fourth-order valence-corrected chi connectivity index (χ4v) is 2.22. The smallest absolute Gasteiger partial charge is 0.0587 e. The van der Waals surface area contributed by atoms with Gasteiger partial charge < -0.3 is 10.1 Å². The van der Waals surface area contributed by atoms with Gasteiger partial charge in [-0.2, -0.15) is 0 Å². The Morgan fingerprint density at radius 2 is 2.05 bits per heavy atom. The average molecular weight is 259 g/mol. The van der Waals surface area contributed by atoms with Crippen LogP contribution in [0.25, 0.3) is 6.08 Å². The van der Waals surface area contributed by atoms with Gasteiger partial charge in [-0.1, -0.05) is 42.8 Å². The molecule has 1 fully saturated rings. The van der Waals surface area contributed by atoms with E-state index in [1.165, 1.54) is 29.5 Å². The topological polar surface area (TPSA) is 21.3 Å². The minimum atomic E-state index is 0.771. The molecule has 0 aliphatic heterocycles. The molecule has 1 aliphatic carbocycles. The molecule has 0 bridgehead atoms. The lowest BCUT2D eigenvalue weighted by Gasteiger charge is -2.07. The highest BCUT2D eigenvalue weighted by Crippen LogP contribution is 2.39.